The Morgan fingerprint density at radius 3 is 2.84 bits per heavy atom. The van der Waals surface area contributed by atoms with Crippen molar-refractivity contribution in [3.05, 3.63) is 24.4 Å². The predicted molar refractivity (Wildman–Crippen MR) is 119 cm³/mol. The maximum absolute atomic E-state index is 10.5. The van der Waals surface area contributed by atoms with Gasteiger partial charge < -0.3 is 20.1 Å². The van der Waals surface area contributed by atoms with Crippen molar-refractivity contribution in [3.63, 3.8) is 0 Å². The minimum atomic E-state index is -0.528. The van der Waals surface area contributed by atoms with E-state index in [2.05, 4.69) is 31.7 Å². The first-order valence-corrected chi connectivity index (χ1v) is 10.7. The van der Waals surface area contributed by atoms with Gasteiger partial charge in [0.15, 0.2) is 0 Å². The summed E-state index contributed by atoms with van der Waals surface area (Å²) in [6, 6.07) is 6.27. The molecule has 5 rings (SSSR count). The number of aryl methyl sites for hydroxylation is 1. The van der Waals surface area contributed by atoms with Gasteiger partial charge in [0.2, 0.25) is 11.8 Å². The van der Waals surface area contributed by atoms with Crippen LogP contribution in [0.2, 0.25) is 0 Å². The molecular formula is C22H27N7O2. The number of aromatic amines is 1. The molecule has 1 aliphatic carbocycles. The summed E-state index contributed by atoms with van der Waals surface area (Å²) >= 11 is 0. The standard InChI is InChI=1S/C22H27N7O2/c1-4-22(30)9-7-14(8-10-22)24-21-25-19-18(20(26-21)31-3)15(12-23-19)13-5-6-16-17(11-13)29(2)28-27-16/h5-6,11-12,14,30H,4,7-10H2,1-3H3,(H2,23,24,25,26). The lowest BCUT2D eigenvalue weighted by atomic mass is 9.80. The first-order valence-electron chi connectivity index (χ1n) is 10.7. The van der Waals surface area contributed by atoms with E-state index in [0.29, 0.717) is 17.5 Å². The Hall–Kier alpha value is -3.20. The second-order valence-corrected chi connectivity index (χ2v) is 8.40. The SMILES string of the molecule is CCC1(O)CCC(Nc2nc(OC)c3c(-c4ccc5nnn(C)c5c4)c[nH]c3n2)CC1. The molecule has 1 aromatic carbocycles. The number of rotatable bonds is 5. The maximum atomic E-state index is 10.5. The summed E-state index contributed by atoms with van der Waals surface area (Å²) in [7, 11) is 3.50. The second kappa shape index (κ2) is 7.49. The van der Waals surface area contributed by atoms with Gasteiger partial charge in [0.25, 0.3) is 0 Å². The Kier molecular flexibility index (Phi) is 4.77. The van der Waals surface area contributed by atoms with Gasteiger partial charge >= 0.3 is 0 Å². The van der Waals surface area contributed by atoms with E-state index in [1.807, 2.05) is 32.3 Å². The van der Waals surface area contributed by atoms with Gasteiger partial charge in [-0.25, -0.2) is 4.68 Å². The number of H-pyrrole nitrogens is 1. The maximum Gasteiger partial charge on any atom is 0.228 e. The molecule has 1 saturated carbocycles. The van der Waals surface area contributed by atoms with Crippen molar-refractivity contribution in [1.82, 2.24) is 29.9 Å². The zero-order valence-electron chi connectivity index (χ0n) is 18.0. The number of aromatic nitrogens is 6. The molecular weight excluding hydrogens is 394 g/mol. The minimum Gasteiger partial charge on any atom is -0.480 e. The summed E-state index contributed by atoms with van der Waals surface area (Å²) in [5, 5.41) is 23.0. The van der Waals surface area contributed by atoms with Gasteiger partial charge in [0.05, 0.1) is 23.6 Å². The molecule has 0 unspecified atom stereocenters. The van der Waals surface area contributed by atoms with Crippen LogP contribution in [0.4, 0.5) is 5.95 Å². The first kappa shape index (κ1) is 19.7. The van der Waals surface area contributed by atoms with E-state index in [1.54, 1.807) is 11.8 Å². The Morgan fingerprint density at radius 1 is 1.29 bits per heavy atom. The van der Waals surface area contributed by atoms with Gasteiger partial charge in [-0.15, -0.1) is 5.10 Å². The first-order chi connectivity index (χ1) is 15.0. The van der Waals surface area contributed by atoms with Crippen LogP contribution in [0.5, 0.6) is 5.88 Å². The lowest BCUT2D eigenvalue weighted by molar-refractivity contribution is -0.00198. The Labute approximate surface area is 179 Å². The van der Waals surface area contributed by atoms with Crippen LogP contribution >= 0.6 is 0 Å². The normalized spacial score (nSPS) is 21.6. The van der Waals surface area contributed by atoms with Crippen molar-refractivity contribution < 1.29 is 9.84 Å². The molecule has 31 heavy (non-hydrogen) atoms. The molecule has 1 fully saturated rings. The lowest BCUT2D eigenvalue weighted by Crippen LogP contribution is -2.38. The summed E-state index contributed by atoms with van der Waals surface area (Å²) in [4.78, 5) is 12.6. The van der Waals surface area contributed by atoms with Gasteiger partial charge in [-0.3, -0.25) is 0 Å². The van der Waals surface area contributed by atoms with Crippen LogP contribution < -0.4 is 10.1 Å². The monoisotopic (exact) mass is 421 g/mol. The quantitative estimate of drug-likeness (QED) is 0.452. The highest BCUT2D eigenvalue weighted by atomic mass is 16.5. The largest absolute Gasteiger partial charge is 0.480 e. The van der Waals surface area contributed by atoms with E-state index in [-0.39, 0.29) is 6.04 Å². The van der Waals surface area contributed by atoms with Crippen LogP contribution in [0, 0.1) is 0 Å². The molecule has 0 amide bonds. The molecule has 0 atom stereocenters. The van der Waals surface area contributed by atoms with Crippen molar-refractivity contribution >= 4 is 28.0 Å². The fraction of sp³-hybridized carbons (Fsp3) is 0.455. The van der Waals surface area contributed by atoms with E-state index in [1.165, 1.54) is 0 Å². The lowest BCUT2D eigenvalue weighted by Gasteiger charge is -2.35. The van der Waals surface area contributed by atoms with Crippen LogP contribution in [0.25, 0.3) is 33.2 Å². The van der Waals surface area contributed by atoms with Gasteiger partial charge in [-0.1, -0.05) is 18.2 Å². The summed E-state index contributed by atoms with van der Waals surface area (Å²) in [6.07, 6.45) is 6.09. The Morgan fingerprint density at radius 2 is 2.10 bits per heavy atom. The molecule has 0 bridgehead atoms. The molecule has 3 heterocycles. The van der Waals surface area contributed by atoms with Gasteiger partial charge in [0, 0.05) is 24.8 Å². The third-order valence-corrected chi connectivity index (χ3v) is 6.52. The van der Waals surface area contributed by atoms with Crippen molar-refractivity contribution in [3.8, 4) is 17.0 Å². The number of hydrogen-bond donors (Lipinski definition) is 3. The highest BCUT2D eigenvalue weighted by molar-refractivity contribution is 5.99. The molecule has 3 N–H and O–H groups in total. The van der Waals surface area contributed by atoms with Crippen molar-refractivity contribution in [1.29, 1.82) is 0 Å². The second-order valence-electron chi connectivity index (χ2n) is 8.40. The summed E-state index contributed by atoms with van der Waals surface area (Å²) in [5.41, 5.74) is 3.97. The van der Waals surface area contributed by atoms with Crippen molar-refractivity contribution in [2.45, 2.75) is 50.7 Å². The van der Waals surface area contributed by atoms with E-state index < -0.39 is 5.60 Å². The molecule has 9 nitrogen and oxygen atoms in total. The number of hydrogen-bond acceptors (Lipinski definition) is 7. The van der Waals surface area contributed by atoms with Crippen LogP contribution in [-0.4, -0.2) is 53.8 Å². The molecule has 0 aliphatic heterocycles. The van der Waals surface area contributed by atoms with Gasteiger partial charge in [-0.2, -0.15) is 9.97 Å². The predicted octanol–water partition coefficient (Wildman–Crippen LogP) is 3.41. The van der Waals surface area contributed by atoms with Crippen LogP contribution in [0.15, 0.2) is 24.4 Å². The fourth-order valence-corrected chi connectivity index (χ4v) is 4.47. The minimum absolute atomic E-state index is 0.239. The molecule has 9 heteroatoms. The van der Waals surface area contributed by atoms with Crippen LogP contribution in [0.1, 0.15) is 39.0 Å². The molecule has 0 spiro atoms. The zero-order valence-corrected chi connectivity index (χ0v) is 18.0. The van der Waals surface area contributed by atoms with Gasteiger partial charge in [0.1, 0.15) is 11.2 Å². The third-order valence-electron chi connectivity index (χ3n) is 6.52. The van der Waals surface area contributed by atoms with Crippen molar-refractivity contribution in [2.24, 2.45) is 7.05 Å². The number of ether oxygens (including phenoxy) is 1. The smallest absolute Gasteiger partial charge is 0.228 e. The third kappa shape index (κ3) is 3.48. The van der Waals surface area contributed by atoms with E-state index in [9.17, 15) is 5.11 Å². The summed E-state index contributed by atoms with van der Waals surface area (Å²) in [6.45, 7) is 2.04. The number of fused-ring (bicyclic) bond motifs is 2. The fourth-order valence-electron chi connectivity index (χ4n) is 4.47. The average molecular weight is 422 g/mol. The average Bonchev–Trinajstić information content (AvgIpc) is 3.38. The summed E-state index contributed by atoms with van der Waals surface area (Å²) in [5.74, 6) is 1.06. The Bertz CT molecular complexity index is 1240. The van der Waals surface area contributed by atoms with E-state index in [0.717, 1.165) is 59.7 Å². The molecule has 3 aromatic heterocycles. The molecule has 162 valence electrons. The van der Waals surface area contributed by atoms with E-state index >= 15 is 0 Å². The molecule has 0 radical (unpaired) electrons. The molecule has 1 aliphatic rings. The number of nitrogens with one attached hydrogen (secondary N) is 2. The van der Waals surface area contributed by atoms with Crippen LogP contribution in [0.3, 0.4) is 0 Å². The highest BCUT2D eigenvalue weighted by Gasteiger charge is 2.31. The molecule has 4 aromatic rings. The number of nitrogens with zero attached hydrogens (tertiary/aromatic N) is 5. The number of anilines is 1. The number of aliphatic hydroxyl groups is 1. The zero-order chi connectivity index (χ0) is 21.6. The van der Waals surface area contributed by atoms with Crippen LogP contribution in [-0.2, 0) is 7.05 Å². The highest BCUT2D eigenvalue weighted by Crippen LogP contribution is 2.36. The van der Waals surface area contributed by atoms with Crippen molar-refractivity contribution in [2.75, 3.05) is 12.4 Å². The summed E-state index contributed by atoms with van der Waals surface area (Å²) < 4.78 is 7.40. The topological polar surface area (TPSA) is 114 Å². The molecule has 0 saturated heterocycles. The Balaban J connectivity index is 1.47. The van der Waals surface area contributed by atoms with Gasteiger partial charge in [-0.05, 0) is 49.8 Å². The number of benzene rings is 1. The number of methoxy groups -OCH3 is 1. The van der Waals surface area contributed by atoms with E-state index in [4.69, 9.17) is 9.72 Å².